The molecule has 0 fully saturated rings. The standard InChI is InChI=1S/C56H36/c1-33-28-34(2)53-51(29-33)52-32-49-44-25-23-39(35-12-5-3-6-13-35)30-47(44)48(31-50(49)46-27-26-41(56(53)55(46)52)36-14-7-4-8-15-36)42-18-11-19-45-43(42)24-22-38-21-20-37-16-9-10-17-40(37)54(38)45/h3-32H,1-2H3. The van der Waals surface area contributed by atoms with Crippen molar-refractivity contribution in [2.24, 2.45) is 0 Å². The summed E-state index contributed by atoms with van der Waals surface area (Å²) in [5.41, 5.74) is 15.6. The molecule has 0 amide bonds. The molecule has 260 valence electrons. The van der Waals surface area contributed by atoms with Crippen molar-refractivity contribution in [3.63, 3.8) is 0 Å². The molecule has 0 N–H and O–H groups in total. The van der Waals surface area contributed by atoms with Crippen LogP contribution in [0.1, 0.15) is 11.1 Å². The van der Waals surface area contributed by atoms with Crippen LogP contribution in [0.2, 0.25) is 0 Å². The van der Waals surface area contributed by atoms with Crippen LogP contribution < -0.4 is 0 Å². The molecule has 12 rings (SSSR count). The van der Waals surface area contributed by atoms with Crippen molar-refractivity contribution in [1.82, 2.24) is 0 Å². The highest BCUT2D eigenvalue weighted by atomic mass is 14.3. The Morgan fingerprint density at radius 3 is 1.79 bits per heavy atom. The van der Waals surface area contributed by atoms with Gasteiger partial charge in [0.1, 0.15) is 0 Å². The third-order valence-electron chi connectivity index (χ3n) is 12.5. The number of hydrogen-bond donors (Lipinski definition) is 0. The minimum atomic E-state index is 1.23. The van der Waals surface area contributed by atoms with E-state index in [4.69, 9.17) is 0 Å². The molecule has 0 radical (unpaired) electrons. The Labute approximate surface area is 325 Å². The molecule has 0 saturated carbocycles. The lowest BCUT2D eigenvalue weighted by Crippen LogP contribution is -1.91. The first-order chi connectivity index (χ1) is 27.6. The molecule has 0 heteroatoms. The van der Waals surface area contributed by atoms with E-state index in [1.54, 1.807) is 0 Å². The minimum Gasteiger partial charge on any atom is -0.0622 e. The maximum Gasteiger partial charge on any atom is -0.00114 e. The monoisotopic (exact) mass is 708 g/mol. The number of hydrogen-bond acceptors (Lipinski definition) is 0. The summed E-state index contributed by atoms with van der Waals surface area (Å²) >= 11 is 0. The Morgan fingerprint density at radius 1 is 0.268 bits per heavy atom. The second kappa shape index (κ2) is 11.7. The van der Waals surface area contributed by atoms with Crippen LogP contribution in [0, 0.1) is 13.8 Å². The van der Waals surface area contributed by atoms with Crippen LogP contribution in [-0.2, 0) is 0 Å². The van der Waals surface area contributed by atoms with Crippen LogP contribution in [-0.4, -0.2) is 0 Å². The molecule has 0 aliphatic heterocycles. The highest BCUT2D eigenvalue weighted by Gasteiger charge is 2.28. The number of rotatable bonds is 3. The van der Waals surface area contributed by atoms with Gasteiger partial charge in [-0.05, 0) is 158 Å². The molecular formula is C56H36. The van der Waals surface area contributed by atoms with Crippen molar-refractivity contribution in [2.75, 3.05) is 0 Å². The second-order valence-electron chi connectivity index (χ2n) is 15.7. The van der Waals surface area contributed by atoms with Gasteiger partial charge in [-0.15, -0.1) is 0 Å². The molecule has 0 saturated heterocycles. The zero-order valence-corrected chi connectivity index (χ0v) is 31.3. The van der Waals surface area contributed by atoms with Gasteiger partial charge in [0.25, 0.3) is 0 Å². The summed E-state index contributed by atoms with van der Waals surface area (Å²) in [6, 6.07) is 68.3. The largest absolute Gasteiger partial charge is 0.0622 e. The number of benzene rings is 11. The van der Waals surface area contributed by atoms with Crippen molar-refractivity contribution < 1.29 is 0 Å². The minimum absolute atomic E-state index is 1.23. The highest BCUT2D eigenvalue weighted by Crippen LogP contribution is 2.55. The summed E-state index contributed by atoms with van der Waals surface area (Å²) in [6.45, 7) is 4.52. The lowest BCUT2D eigenvalue weighted by atomic mass is 9.85. The lowest BCUT2D eigenvalue weighted by Gasteiger charge is -2.18. The molecule has 11 aromatic rings. The Bertz CT molecular complexity index is 3460. The maximum atomic E-state index is 2.51. The molecular weight excluding hydrogens is 673 g/mol. The van der Waals surface area contributed by atoms with E-state index >= 15 is 0 Å². The van der Waals surface area contributed by atoms with Crippen LogP contribution in [0.4, 0.5) is 0 Å². The molecule has 0 unspecified atom stereocenters. The van der Waals surface area contributed by atoms with Crippen molar-refractivity contribution in [2.45, 2.75) is 13.8 Å². The molecule has 0 atom stereocenters. The summed E-state index contributed by atoms with van der Waals surface area (Å²) in [4.78, 5) is 0. The molecule has 0 bridgehead atoms. The van der Waals surface area contributed by atoms with Gasteiger partial charge >= 0.3 is 0 Å². The summed E-state index contributed by atoms with van der Waals surface area (Å²) in [5.74, 6) is 0. The summed E-state index contributed by atoms with van der Waals surface area (Å²) < 4.78 is 0. The zero-order valence-electron chi connectivity index (χ0n) is 31.3. The van der Waals surface area contributed by atoms with Gasteiger partial charge in [-0.2, -0.15) is 0 Å². The summed E-state index contributed by atoms with van der Waals surface area (Å²) in [5, 5.41) is 15.6. The molecule has 1 aliphatic carbocycles. The van der Waals surface area contributed by atoms with E-state index in [-0.39, 0.29) is 0 Å². The summed E-state index contributed by atoms with van der Waals surface area (Å²) in [6.07, 6.45) is 0. The molecule has 0 spiro atoms. The zero-order chi connectivity index (χ0) is 37.1. The van der Waals surface area contributed by atoms with Crippen molar-refractivity contribution in [3.05, 3.63) is 193 Å². The smallest absolute Gasteiger partial charge is 0.00114 e. The molecule has 11 aromatic carbocycles. The fourth-order valence-electron chi connectivity index (χ4n) is 10.1. The first kappa shape index (κ1) is 31.3. The fraction of sp³-hybridized carbons (Fsp3) is 0.0357. The van der Waals surface area contributed by atoms with Crippen LogP contribution in [0.25, 0.3) is 120 Å². The molecule has 1 aliphatic rings. The van der Waals surface area contributed by atoms with E-state index < -0.39 is 0 Å². The van der Waals surface area contributed by atoms with Gasteiger partial charge in [0.05, 0.1) is 0 Å². The van der Waals surface area contributed by atoms with Crippen LogP contribution >= 0.6 is 0 Å². The number of fused-ring (bicyclic) bond motifs is 12. The van der Waals surface area contributed by atoms with Crippen molar-refractivity contribution >= 4 is 64.6 Å². The van der Waals surface area contributed by atoms with E-state index in [1.165, 1.54) is 131 Å². The Morgan fingerprint density at radius 2 is 0.929 bits per heavy atom. The lowest BCUT2D eigenvalue weighted by molar-refractivity contribution is 1.39. The first-order valence-electron chi connectivity index (χ1n) is 19.7. The van der Waals surface area contributed by atoms with Gasteiger partial charge in [0.15, 0.2) is 0 Å². The van der Waals surface area contributed by atoms with Crippen LogP contribution in [0.5, 0.6) is 0 Å². The van der Waals surface area contributed by atoms with E-state index in [0.29, 0.717) is 0 Å². The highest BCUT2D eigenvalue weighted by molar-refractivity contribution is 6.31. The normalized spacial score (nSPS) is 12.1. The topological polar surface area (TPSA) is 0 Å². The van der Waals surface area contributed by atoms with Gasteiger partial charge in [-0.25, -0.2) is 0 Å². The Kier molecular flexibility index (Phi) is 6.57. The van der Waals surface area contributed by atoms with E-state index in [2.05, 4.69) is 196 Å². The quantitative estimate of drug-likeness (QED) is 0.160. The van der Waals surface area contributed by atoms with Gasteiger partial charge in [-0.1, -0.05) is 169 Å². The van der Waals surface area contributed by atoms with Crippen molar-refractivity contribution in [1.29, 1.82) is 0 Å². The third kappa shape index (κ3) is 4.42. The second-order valence-corrected chi connectivity index (χ2v) is 15.7. The van der Waals surface area contributed by atoms with Gasteiger partial charge < -0.3 is 0 Å². The predicted molar refractivity (Wildman–Crippen MR) is 242 cm³/mol. The van der Waals surface area contributed by atoms with Gasteiger partial charge in [0, 0.05) is 0 Å². The molecule has 0 nitrogen and oxygen atoms in total. The van der Waals surface area contributed by atoms with E-state index in [0.717, 1.165) is 0 Å². The predicted octanol–water partition coefficient (Wildman–Crippen LogP) is 15.9. The molecule has 56 heavy (non-hydrogen) atoms. The van der Waals surface area contributed by atoms with Crippen LogP contribution in [0.3, 0.4) is 0 Å². The fourth-order valence-corrected chi connectivity index (χ4v) is 10.1. The molecule has 0 aromatic heterocycles. The third-order valence-corrected chi connectivity index (χ3v) is 12.5. The van der Waals surface area contributed by atoms with Crippen LogP contribution in [0.15, 0.2) is 182 Å². The first-order valence-corrected chi connectivity index (χ1v) is 19.7. The van der Waals surface area contributed by atoms with E-state index in [1.807, 2.05) is 0 Å². The maximum absolute atomic E-state index is 2.51. The summed E-state index contributed by atoms with van der Waals surface area (Å²) in [7, 11) is 0. The number of aryl methyl sites for hydroxylation is 2. The molecule has 0 heterocycles. The Balaban J connectivity index is 1.24. The average Bonchev–Trinajstić information content (AvgIpc) is 3.58. The van der Waals surface area contributed by atoms with Gasteiger partial charge in [-0.3, -0.25) is 0 Å². The van der Waals surface area contributed by atoms with E-state index in [9.17, 15) is 0 Å². The average molecular weight is 709 g/mol. The Hall–Kier alpha value is -7.02. The van der Waals surface area contributed by atoms with Gasteiger partial charge in [0.2, 0.25) is 0 Å². The SMILES string of the molecule is Cc1cc(C)c2c(c1)-c1cc3c4ccc(-c5ccccc5)cc4c(-c4cccc5c4ccc4ccc6ccccc6c45)cc3c3ccc(-c4ccccc4)c-2c13. The van der Waals surface area contributed by atoms with Crippen molar-refractivity contribution in [3.8, 4) is 55.6 Å².